The van der Waals surface area contributed by atoms with Gasteiger partial charge >= 0.3 is 0 Å². The van der Waals surface area contributed by atoms with E-state index in [1.807, 2.05) is 11.3 Å². The quantitative estimate of drug-likeness (QED) is 0.743. The topological polar surface area (TPSA) is 26.0 Å². The first-order chi connectivity index (χ1) is 8.79. The lowest BCUT2D eigenvalue weighted by molar-refractivity contribution is 0.908. The molecule has 1 aromatic carbocycles. The summed E-state index contributed by atoms with van der Waals surface area (Å²) in [5.41, 5.74) is 7.66. The highest BCUT2D eigenvalue weighted by molar-refractivity contribution is 7.17. The number of nitrogens with two attached hydrogens (primary N) is 1. The Bertz CT molecular complexity index is 666. The van der Waals surface area contributed by atoms with Crippen LogP contribution in [0, 0.1) is 0 Å². The highest BCUT2D eigenvalue weighted by Gasteiger charge is 2.15. The molecule has 1 nitrogen and oxygen atoms in total. The van der Waals surface area contributed by atoms with E-state index >= 15 is 0 Å². The van der Waals surface area contributed by atoms with Crippen molar-refractivity contribution >= 4 is 32.8 Å². The Hall–Kier alpha value is -1.16. The molecule has 1 unspecified atom stereocenters. The maximum atomic E-state index is 6.41. The first-order valence-electron chi connectivity index (χ1n) is 6.10. The molecule has 3 rings (SSSR count). The second-order valence-corrected chi connectivity index (χ2v) is 6.43. The molecule has 0 bridgehead atoms. The number of fused-ring (bicyclic) bond motifs is 1. The van der Waals surface area contributed by atoms with E-state index in [1.165, 1.54) is 25.4 Å². The smallest absolute Gasteiger partial charge is 0.0660 e. The fourth-order valence-corrected chi connectivity index (χ4v) is 4.11. The van der Waals surface area contributed by atoms with Gasteiger partial charge in [0.05, 0.1) is 6.04 Å². The highest BCUT2D eigenvalue weighted by atomic mass is 32.1. The summed E-state index contributed by atoms with van der Waals surface area (Å²) in [6.07, 6.45) is 1.09. The van der Waals surface area contributed by atoms with Gasteiger partial charge in [0.25, 0.3) is 0 Å². The fourth-order valence-electron chi connectivity index (χ4n) is 2.14. The molecule has 0 amide bonds. The summed E-state index contributed by atoms with van der Waals surface area (Å²) in [5, 5.41) is 3.49. The van der Waals surface area contributed by atoms with Crippen LogP contribution in [0.2, 0.25) is 0 Å². The van der Waals surface area contributed by atoms with E-state index in [9.17, 15) is 0 Å². The molecule has 0 saturated carbocycles. The average molecular weight is 273 g/mol. The molecule has 0 fully saturated rings. The van der Waals surface area contributed by atoms with Crippen molar-refractivity contribution in [1.82, 2.24) is 0 Å². The molecular formula is C15H15NS2. The van der Waals surface area contributed by atoms with Crippen LogP contribution in [0.1, 0.15) is 28.3 Å². The van der Waals surface area contributed by atoms with Crippen molar-refractivity contribution in [1.29, 1.82) is 0 Å². The Balaban J connectivity index is 2.03. The summed E-state index contributed by atoms with van der Waals surface area (Å²) in [5.74, 6) is 0. The van der Waals surface area contributed by atoms with Gasteiger partial charge in [0, 0.05) is 14.5 Å². The predicted octanol–water partition coefficient (Wildman–Crippen LogP) is 4.57. The first-order valence-corrected chi connectivity index (χ1v) is 7.79. The highest BCUT2D eigenvalue weighted by Crippen LogP contribution is 2.34. The first kappa shape index (κ1) is 11.9. The van der Waals surface area contributed by atoms with Gasteiger partial charge in [0.2, 0.25) is 0 Å². The van der Waals surface area contributed by atoms with Gasteiger partial charge in [-0.1, -0.05) is 25.1 Å². The molecule has 92 valence electrons. The average Bonchev–Trinajstić information content (AvgIpc) is 3.04. The molecule has 0 aliphatic heterocycles. The Morgan fingerprint density at radius 1 is 1.17 bits per heavy atom. The van der Waals surface area contributed by atoms with Crippen LogP contribution in [0.25, 0.3) is 10.1 Å². The zero-order valence-electron chi connectivity index (χ0n) is 10.2. The Morgan fingerprint density at radius 2 is 2.00 bits per heavy atom. The molecule has 0 saturated heterocycles. The van der Waals surface area contributed by atoms with Crippen LogP contribution in [-0.4, -0.2) is 0 Å². The number of aryl methyl sites for hydroxylation is 1. The number of benzene rings is 1. The van der Waals surface area contributed by atoms with E-state index < -0.39 is 0 Å². The summed E-state index contributed by atoms with van der Waals surface area (Å²) in [4.78, 5) is 2.66. The van der Waals surface area contributed by atoms with Crippen LogP contribution in [0.15, 0.2) is 41.8 Å². The molecule has 18 heavy (non-hydrogen) atoms. The van der Waals surface area contributed by atoms with Gasteiger partial charge in [-0.3, -0.25) is 0 Å². The number of thiophene rings is 2. The third-order valence-corrected chi connectivity index (χ3v) is 5.48. The van der Waals surface area contributed by atoms with E-state index in [4.69, 9.17) is 5.73 Å². The maximum absolute atomic E-state index is 6.41. The molecule has 2 heterocycles. The monoisotopic (exact) mass is 273 g/mol. The van der Waals surface area contributed by atoms with Gasteiger partial charge in [0.1, 0.15) is 0 Å². The van der Waals surface area contributed by atoms with Gasteiger partial charge in [-0.15, -0.1) is 22.7 Å². The maximum Gasteiger partial charge on any atom is 0.0660 e. The molecule has 3 aromatic rings. The van der Waals surface area contributed by atoms with Crippen molar-refractivity contribution in [2.24, 2.45) is 5.73 Å². The van der Waals surface area contributed by atoms with Gasteiger partial charge < -0.3 is 5.73 Å². The summed E-state index contributed by atoms with van der Waals surface area (Å²) in [6.45, 7) is 2.18. The molecule has 3 heteroatoms. The van der Waals surface area contributed by atoms with E-state index in [0.29, 0.717) is 0 Å². The van der Waals surface area contributed by atoms with Crippen LogP contribution < -0.4 is 5.73 Å². The minimum atomic E-state index is 0.00597. The summed E-state index contributed by atoms with van der Waals surface area (Å²) in [6, 6.07) is 12.8. The van der Waals surface area contributed by atoms with Crippen molar-refractivity contribution < 1.29 is 0 Å². The molecule has 1 atom stereocenters. The van der Waals surface area contributed by atoms with Crippen molar-refractivity contribution in [3.63, 3.8) is 0 Å². The lowest BCUT2D eigenvalue weighted by Gasteiger charge is -2.08. The second kappa shape index (κ2) is 4.84. The van der Waals surface area contributed by atoms with E-state index in [1.54, 1.807) is 11.3 Å². The van der Waals surface area contributed by atoms with Crippen LogP contribution >= 0.6 is 22.7 Å². The van der Waals surface area contributed by atoms with Crippen molar-refractivity contribution in [3.05, 3.63) is 57.1 Å². The largest absolute Gasteiger partial charge is 0.320 e. The molecule has 0 radical (unpaired) electrons. The standard InChI is InChI=1S/C15H15NS2/c1-2-10-7-8-14(18-10)15(16)12-9-17-13-6-4-3-5-11(12)13/h3-9,15H,2,16H2,1H3. The van der Waals surface area contributed by atoms with Crippen molar-refractivity contribution in [3.8, 4) is 0 Å². The SMILES string of the molecule is CCc1ccc(C(N)c2csc3ccccc23)s1. The minimum Gasteiger partial charge on any atom is -0.320 e. The van der Waals surface area contributed by atoms with Crippen molar-refractivity contribution in [2.75, 3.05) is 0 Å². The van der Waals surface area contributed by atoms with E-state index in [2.05, 4.69) is 48.7 Å². The number of hydrogen-bond acceptors (Lipinski definition) is 3. The lowest BCUT2D eigenvalue weighted by Crippen LogP contribution is -2.09. The zero-order chi connectivity index (χ0) is 12.5. The normalized spacial score (nSPS) is 13.0. The van der Waals surface area contributed by atoms with Crippen molar-refractivity contribution in [2.45, 2.75) is 19.4 Å². The Morgan fingerprint density at radius 3 is 2.78 bits per heavy atom. The molecule has 2 N–H and O–H groups in total. The minimum absolute atomic E-state index is 0.00597. The third-order valence-electron chi connectivity index (χ3n) is 3.18. The second-order valence-electron chi connectivity index (χ2n) is 4.32. The van der Waals surface area contributed by atoms with Crippen LogP contribution in [0.4, 0.5) is 0 Å². The van der Waals surface area contributed by atoms with Crippen LogP contribution in [0.5, 0.6) is 0 Å². The molecular weight excluding hydrogens is 258 g/mol. The van der Waals surface area contributed by atoms with E-state index in [0.717, 1.165) is 6.42 Å². The van der Waals surface area contributed by atoms with Crippen LogP contribution in [-0.2, 0) is 6.42 Å². The molecule has 0 aliphatic carbocycles. The number of hydrogen-bond donors (Lipinski definition) is 1. The summed E-state index contributed by atoms with van der Waals surface area (Å²) < 4.78 is 1.32. The summed E-state index contributed by atoms with van der Waals surface area (Å²) >= 11 is 3.60. The Kier molecular flexibility index (Phi) is 3.20. The Labute approximate surface area is 115 Å². The predicted molar refractivity (Wildman–Crippen MR) is 81.6 cm³/mol. The van der Waals surface area contributed by atoms with Gasteiger partial charge in [-0.25, -0.2) is 0 Å². The lowest BCUT2D eigenvalue weighted by atomic mass is 10.1. The van der Waals surface area contributed by atoms with Gasteiger partial charge in [-0.2, -0.15) is 0 Å². The number of rotatable bonds is 3. The zero-order valence-corrected chi connectivity index (χ0v) is 11.9. The van der Waals surface area contributed by atoms with Crippen LogP contribution in [0.3, 0.4) is 0 Å². The molecule has 0 aliphatic rings. The van der Waals surface area contributed by atoms with E-state index in [-0.39, 0.29) is 6.04 Å². The van der Waals surface area contributed by atoms with Gasteiger partial charge in [-0.05, 0) is 40.9 Å². The van der Waals surface area contributed by atoms with Gasteiger partial charge in [0.15, 0.2) is 0 Å². The summed E-state index contributed by atoms with van der Waals surface area (Å²) in [7, 11) is 0. The third kappa shape index (κ3) is 1.99. The molecule has 0 spiro atoms. The molecule has 2 aromatic heterocycles. The fraction of sp³-hybridized carbons (Fsp3) is 0.200.